The molecule has 0 saturated heterocycles. The number of ether oxygens (including phenoxy) is 1. The van der Waals surface area contributed by atoms with E-state index in [0.717, 1.165) is 5.56 Å². The minimum atomic E-state index is -4.16. The first kappa shape index (κ1) is 14.0. The molecule has 0 radical (unpaired) electrons. The van der Waals surface area contributed by atoms with Gasteiger partial charge in [0.15, 0.2) is 0 Å². The summed E-state index contributed by atoms with van der Waals surface area (Å²) in [4.78, 5) is 0. The first-order valence-corrected chi connectivity index (χ1v) is 5.36. The minimum Gasteiger partial charge on any atom is -0.495 e. The molecule has 0 amide bonds. The van der Waals surface area contributed by atoms with Crippen LogP contribution >= 0.6 is 11.6 Å². The molecular weight excluding hydrogens is 255 g/mol. The van der Waals surface area contributed by atoms with Crippen LogP contribution in [0.3, 0.4) is 0 Å². The third-order valence-corrected chi connectivity index (χ3v) is 2.61. The van der Waals surface area contributed by atoms with Crippen molar-refractivity contribution in [2.24, 2.45) is 0 Å². The second kappa shape index (κ2) is 5.49. The summed E-state index contributed by atoms with van der Waals surface area (Å²) in [5.74, 6) is 0.433. The van der Waals surface area contributed by atoms with Crippen LogP contribution in [0.4, 0.5) is 18.9 Å². The molecule has 0 fully saturated rings. The van der Waals surface area contributed by atoms with Gasteiger partial charge in [-0.1, -0.05) is 11.6 Å². The van der Waals surface area contributed by atoms with E-state index in [1.54, 1.807) is 19.1 Å². The van der Waals surface area contributed by atoms with E-state index in [4.69, 9.17) is 16.3 Å². The van der Waals surface area contributed by atoms with Gasteiger partial charge >= 0.3 is 6.18 Å². The number of hydrogen-bond donors (Lipinski definition) is 1. The first-order valence-electron chi connectivity index (χ1n) is 4.98. The molecule has 1 aromatic rings. The molecule has 1 aromatic carbocycles. The molecule has 6 heteroatoms. The van der Waals surface area contributed by atoms with Crippen LogP contribution in [-0.2, 0) is 0 Å². The fourth-order valence-electron chi connectivity index (χ4n) is 1.31. The molecule has 0 heterocycles. The number of benzene rings is 1. The fourth-order valence-corrected chi connectivity index (χ4v) is 1.46. The third-order valence-electron chi connectivity index (χ3n) is 2.20. The number of nitrogens with one attached hydrogen (secondary N) is 1. The van der Waals surface area contributed by atoms with Crippen LogP contribution in [0.1, 0.15) is 12.0 Å². The molecule has 0 aliphatic heterocycles. The highest BCUT2D eigenvalue weighted by Crippen LogP contribution is 2.31. The van der Waals surface area contributed by atoms with Crippen molar-refractivity contribution in [1.29, 1.82) is 0 Å². The van der Waals surface area contributed by atoms with Crippen molar-refractivity contribution >= 4 is 17.3 Å². The van der Waals surface area contributed by atoms with E-state index in [1.165, 1.54) is 7.11 Å². The van der Waals surface area contributed by atoms with E-state index >= 15 is 0 Å². The zero-order valence-electron chi connectivity index (χ0n) is 9.49. The Hall–Kier alpha value is -1.10. The van der Waals surface area contributed by atoms with E-state index in [-0.39, 0.29) is 6.54 Å². The van der Waals surface area contributed by atoms with Crippen molar-refractivity contribution in [2.75, 3.05) is 19.0 Å². The highest BCUT2D eigenvalue weighted by atomic mass is 35.5. The van der Waals surface area contributed by atoms with Gasteiger partial charge in [0.2, 0.25) is 0 Å². The first-order chi connectivity index (χ1) is 7.83. The van der Waals surface area contributed by atoms with Gasteiger partial charge in [-0.2, -0.15) is 13.2 Å². The molecule has 0 atom stereocenters. The molecule has 1 N–H and O–H groups in total. The summed E-state index contributed by atoms with van der Waals surface area (Å²) in [7, 11) is 1.44. The van der Waals surface area contributed by atoms with E-state index < -0.39 is 12.6 Å². The quantitative estimate of drug-likeness (QED) is 0.890. The standard InChI is InChI=1S/C11H13ClF3NO/c1-7-5-9(10(17-2)6-8(7)12)16-4-3-11(13,14)15/h5-6,16H,3-4H2,1-2H3. The Morgan fingerprint density at radius 3 is 2.53 bits per heavy atom. The Morgan fingerprint density at radius 2 is 2.00 bits per heavy atom. The summed E-state index contributed by atoms with van der Waals surface area (Å²) in [6.45, 7) is 1.58. The minimum absolute atomic E-state index is 0.194. The molecule has 0 aromatic heterocycles. The topological polar surface area (TPSA) is 21.3 Å². The van der Waals surface area contributed by atoms with Crippen LogP contribution in [0.15, 0.2) is 12.1 Å². The summed E-state index contributed by atoms with van der Waals surface area (Å²) in [6.07, 6.45) is -5.06. The van der Waals surface area contributed by atoms with Crippen molar-refractivity contribution in [3.8, 4) is 5.75 Å². The maximum atomic E-state index is 12.0. The lowest BCUT2D eigenvalue weighted by Gasteiger charge is -2.13. The second-order valence-electron chi connectivity index (χ2n) is 3.59. The number of halogens is 4. The lowest BCUT2D eigenvalue weighted by Crippen LogP contribution is -2.15. The van der Waals surface area contributed by atoms with E-state index in [2.05, 4.69) is 5.32 Å². The summed E-state index contributed by atoms with van der Waals surface area (Å²) >= 11 is 5.88. The highest BCUT2D eigenvalue weighted by molar-refractivity contribution is 6.31. The highest BCUT2D eigenvalue weighted by Gasteiger charge is 2.26. The van der Waals surface area contributed by atoms with E-state index in [9.17, 15) is 13.2 Å². The number of anilines is 1. The van der Waals surface area contributed by atoms with Crippen LogP contribution in [0.25, 0.3) is 0 Å². The number of hydrogen-bond acceptors (Lipinski definition) is 2. The second-order valence-corrected chi connectivity index (χ2v) is 4.00. The predicted molar refractivity (Wildman–Crippen MR) is 61.9 cm³/mol. The largest absolute Gasteiger partial charge is 0.495 e. The zero-order chi connectivity index (χ0) is 13.1. The van der Waals surface area contributed by atoms with Crippen LogP contribution in [0.5, 0.6) is 5.75 Å². The maximum absolute atomic E-state index is 12.0. The van der Waals surface area contributed by atoms with Crippen molar-refractivity contribution < 1.29 is 17.9 Å². The Bertz CT molecular complexity index is 393. The van der Waals surface area contributed by atoms with Crippen LogP contribution in [-0.4, -0.2) is 19.8 Å². The number of aryl methyl sites for hydroxylation is 1. The number of methoxy groups -OCH3 is 1. The summed E-state index contributed by atoms with van der Waals surface area (Å²) in [5.41, 5.74) is 1.29. The van der Waals surface area contributed by atoms with Crippen molar-refractivity contribution in [3.05, 3.63) is 22.7 Å². The molecular formula is C11H13ClF3NO. The van der Waals surface area contributed by atoms with Crippen LogP contribution < -0.4 is 10.1 Å². The normalized spacial score (nSPS) is 11.4. The van der Waals surface area contributed by atoms with Crippen molar-refractivity contribution in [3.63, 3.8) is 0 Å². The average molecular weight is 268 g/mol. The Labute approximate surface area is 103 Å². The van der Waals surface area contributed by atoms with Crippen molar-refractivity contribution in [1.82, 2.24) is 0 Å². The van der Waals surface area contributed by atoms with Gasteiger partial charge in [-0.15, -0.1) is 0 Å². The monoisotopic (exact) mass is 267 g/mol. The van der Waals surface area contributed by atoms with Crippen LogP contribution in [0, 0.1) is 6.92 Å². The number of rotatable bonds is 4. The predicted octanol–water partition coefficient (Wildman–Crippen LogP) is 4.02. The van der Waals surface area contributed by atoms with Gasteiger partial charge in [0, 0.05) is 17.6 Å². The Balaban J connectivity index is 2.73. The molecule has 96 valence electrons. The summed E-state index contributed by atoms with van der Waals surface area (Å²) < 4.78 is 41.0. The molecule has 2 nitrogen and oxygen atoms in total. The zero-order valence-corrected chi connectivity index (χ0v) is 10.2. The van der Waals surface area contributed by atoms with Gasteiger partial charge in [-0.25, -0.2) is 0 Å². The molecule has 1 rings (SSSR count). The van der Waals surface area contributed by atoms with Gasteiger partial charge in [-0.3, -0.25) is 0 Å². The van der Waals surface area contributed by atoms with Crippen molar-refractivity contribution in [2.45, 2.75) is 19.5 Å². The molecule has 0 unspecified atom stereocenters. The van der Waals surface area contributed by atoms with Gasteiger partial charge in [0.25, 0.3) is 0 Å². The van der Waals surface area contributed by atoms with Gasteiger partial charge in [-0.05, 0) is 18.6 Å². The third kappa shape index (κ3) is 4.34. The molecule has 0 spiro atoms. The lowest BCUT2D eigenvalue weighted by molar-refractivity contribution is -0.131. The molecule has 0 bridgehead atoms. The van der Waals surface area contributed by atoms with Gasteiger partial charge in [0.1, 0.15) is 5.75 Å². The Morgan fingerprint density at radius 1 is 1.35 bits per heavy atom. The van der Waals surface area contributed by atoms with E-state index in [0.29, 0.717) is 16.5 Å². The molecule has 0 aliphatic rings. The van der Waals surface area contributed by atoms with E-state index in [1.807, 2.05) is 0 Å². The molecule has 0 saturated carbocycles. The fraction of sp³-hybridized carbons (Fsp3) is 0.455. The molecule has 17 heavy (non-hydrogen) atoms. The Kier molecular flexibility index (Phi) is 4.51. The van der Waals surface area contributed by atoms with Gasteiger partial charge < -0.3 is 10.1 Å². The van der Waals surface area contributed by atoms with Gasteiger partial charge in [0.05, 0.1) is 19.2 Å². The SMILES string of the molecule is COc1cc(Cl)c(C)cc1NCCC(F)(F)F. The average Bonchev–Trinajstić information content (AvgIpc) is 2.21. The summed E-state index contributed by atoms with van der Waals surface area (Å²) in [6, 6.07) is 3.24. The lowest BCUT2D eigenvalue weighted by atomic mass is 10.2. The number of alkyl halides is 3. The molecule has 0 aliphatic carbocycles. The van der Waals surface area contributed by atoms with Crippen LogP contribution in [0.2, 0.25) is 5.02 Å². The summed E-state index contributed by atoms with van der Waals surface area (Å²) in [5, 5.41) is 3.20. The maximum Gasteiger partial charge on any atom is 0.390 e. The smallest absolute Gasteiger partial charge is 0.390 e.